The summed E-state index contributed by atoms with van der Waals surface area (Å²) in [5.74, 6) is -0.362. The Morgan fingerprint density at radius 3 is 2.09 bits per heavy atom. The molecule has 0 unspecified atom stereocenters. The van der Waals surface area contributed by atoms with Crippen molar-refractivity contribution in [2.24, 2.45) is 0 Å². The van der Waals surface area contributed by atoms with Crippen LogP contribution in [0.15, 0.2) is 78.5 Å². The molecule has 1 heterocycles. The minimum atomic E-state index is -0.516. The van der Waals surface area contributed by atoms with Gasteiger partial charge in [-0.1, -0.05) is 19.1 Å². The van der Waals surface area contributed by atoms with Crippen LogP contribution < -0.4 is 15.0 Å². The average molecular weight is 443 g/mol. The maximum absolute atomic E-state index is 13.4. The molecule has 3 aromatic carbocycles. The fourth-order valence-corrected chi connectivity index (χ4v) is 3.60. The smallest absolute Gasteiger partial charge is 0.282 e. The molecule has 0 spiro atoms. The van der Waals surface area contributed by atoms with E-state index in [9.17, 15) is 19.7 Å². The molecule has 1 N–H and O–H groups in total. The minimum absolute atomic E-state index is 0.0959. The monoisotopic (exact) mass is 443 g/mol. The fourth-order valence-electron chi connectivity index (χ4n) is 3.60. The number of benzene rings is 3. The molecule has 0 saturated carbocycles. The number of methoxy groups -OCH3 is 1. The molecule has 4 rings (SSSR count). The summed E-state index contributed by atoms with van der Waals surface area (Å²) in [6.45, 7) is 2.02. The average Bonchev–Trinajstić information content (AvgIpc) is 3.08. The molecular weight excluding hydrogens is 422 g/mol. The van der Waals surface area contributed by atoms with E-state index in [1.807, 2.05) is 19.1 Å². The normalized spacial score (nSPS) is 13.5. The maximum Gasteiger partial charge on any atom is 0.282 e. The third-order valence-electron chi connectivity index (χ3n) is 5.41. The van der Waals surface area contributed by atoms with Gasteiger partial charge < -0.3 is 10.1 Å². The Balaban J connectivity index is 1.77. The van der Waals surface area contributed by atoms with Crippen LogP contribution in [0.2, 0.25) is 0 Å². The van der Waals surface area contributed by atoms with E-state index in [0.717, 1.165) is 16.9 Å². The summed E-state index contributed by atoms with van der Waals surface area (Å²) >= 11 is 0. The molecule has 0 aliphatic carbocycles. The predicted molar refractivity (Wildman–Crippen MR) is 125 cm³/mol. The Hall–Kier alpha value is -4.46. The van der Waals surface area contributed by atoms with Crippen LogP contribution in [-0.2, 0) is 16.0 Å². The maximum atomic E-state index is 13.4. The van der Waals surface area contributed by atoms with Gasteiger partial charge in [-0.15, -0.1) is 0 Å². The lowest BCUT2D eigenvalue weighted by molar-refractivity contribution is -0.384. The van der Waals surface area contributed by atoms with E-state index >= 15 is 0 Å². The number of ether oxygens (including phenoxy) is 1. The van der Waals surface area contributed by atoms with Crippen molar-refractivity contribution in [3.05, 3.63) is 99.7 Å². The van der Waals surface area contributed by atoms with Gasteiger partial charge in [-0.3, -0.25) is 19.7 Å². The summed E-state index contributed by atoms with van der Waals surface area (Å²) in [5.41, 5.74) is 2.67. The van der Waals surface area contributed by atoms with E-state index in [1.54, 1.807) is 43.5 Å². The second kappa shape index (κ2) is 8.96. The lowest BCUT2D eigenvalue weighted by atomic mass is 10.0. The number of carbonyl (C=O) groups is 2. The zero-order chi connectivity index (χ0) is 23.5. The molecule has 0 saturated heterocycles. The van der Waals surface area contributed by atoms with Gasteiger partial charge in [0.25, 0.3) is 17.5 Å². The number of carbonyl (C=O) groups excluding carboxylic acids is 2. The highest BCUT2D eigenvalue weighted by atomic mass is 16.6. The Morgan fingerprint density at radius 2 is 1.55 bits per heavy atom. The van der Waals surface area contributed by atoms with Gasteiger partial charge in [-0.2, -0.15) is 0 Å². The standard InChI is InChI=1S/C25H21N3O5/c1-3-16-4-10-19(11-5-16)27-24(29)22(17-6-12-20(13-7-17)28(31)32)23(25(27)30)26-18-8-14-21(33-2)15-9-18/h4-15,26H,3H2,1-2H3. The minimum Gasteiger partial charge on any atom is -0.497 e. The number of aryl methyl sites for hydroxylation is 1. The summed E-state index contributed by atoms with van der Waals surface area (Å²) in [7, 11) is 1.55. The largest absolute Gasteiger partial charge is 0.497 e. The molecule has 8 heteroatoms. The van der Waals surface area contributed by atoms with E-state index in [0.29, 0.717) is 22.7 Å². The Labute approximate surface area is 190 Å². The van der Waals surface area contributed by atoms with Gasteiger partial charge in [0.2, 0.25) is 0 Å². The number of nitro benzene ring substituents is 1. The molecule has 2 amide bonds. The van der Waals surface area contributed by atoms with Gasteiger partial charge in [-0.25, -0.2) is 4.90 Å². The number of nitrogens with one attached hydrogen (secondary N) is 1. The summed E-state index contributed by atoms with van der Waals surface area (Å²) in [6, 6.07) is 19.7. The molecule has 0 fully saturated rings. The first kappa shape index (κ1) is 21.8. The molecule has 33 heavy (non-hydrogen) atoms. The first-order valence-electron chi connectivity index (χ1n) is 10.3. The molecule has 0 bridgehead atoms. The van der Waals surface area contributed by atoms with Crippen molar-refractivity contribution in [2.75, 3.05) is 17.3 Å². The highest BCUT2D eigenvalue weighted by Crippen LogP contribution is 2.34. The molecule has 1 aliphatic heterocycles. The molecule has 0 atom stereocenters. The molecule has 8 nitrogen and oxygen atoms in total. The number of imide groups is 1. The Bertz CT molecular complexity index is 1250. The van der Waals surface area contributed by atoms with E-state index in [2.05, 4.69) is 5.32 Å². The van der Waals surface area contributed by atoms with Crippen LogP contribution in [-0.4, -0.2) is 23.8 Å². The Kier molecular flexibility index (Phi) is 5.91. The number of rotatable bonds is 7. The first-order chi connectivity index (χ1) is 15.9. The van der Waals surface area contributed by atoms with Gasteiger partial charge in [0.1, 0.15) is 11.4 Å². The number of anilines is 2. The van der Waals surface area contributed by atoms with Crippen LogP contribution in [0.1, 0.15) is 18.1 Å². The highest BCUT2D eigenvalue weighted by Gasteiger charge is 2.40. The van der Waals surface area contributed by atoms with Gasteiger partial charge in [0.15, 0.2) is 0 Å². The van der Waals surface area contributed by atoms with Crippen molar-refractivity contribution in [1.82, 2.24) is 0 Å². The number of nitro groups is 1. The third-order valence-corrected chi connectivity index (χ3v) is 5.41. The van der Waals surface area contributed by atoms with Crippen molar-refractivity contribution in [2.45, 2.75) is 13.3 Å². The molecule has 166 valence electrons. The van der Waals surface area contributed by atoms with Crippen LogP contribution in [0.3, 0.4) is 0 Å². The number of hydrogen-bond donors (Lipinski definition) is 1. The van der Waals surface area contributed by atoms with E-state index in [4.69, 9.17) is 4.74 Å². The predicted octanol–water partition coefficient (Wildman–Crippen LogP) is 4.56. The van der Waals surface area contributed by atoms with Gasteiger partial charge in [-0.05, 0) is 66.1 Å². The zero-order valence-electron chi connectivity index (χ0n) is 18.1. The second-order valence-electron chi connectivity index (χ2n) is 7.37. The third kappa shape index (κ3) is 4.18. The number of non-ortho nitro benzene ring substituents is 1. The van der Waals surface area contributed by atoms with Crippen molar-refractivity contribution in [1.29, 1.82) is 0 Å². The van der Waals surface area contributed by atoms with Gasteiger partial charge in [0.05, 0.1) is 23.3 Å². The van der Waals surface area contributed by atoms with Crippen molar-refractivity contribution in [3.8, 4) is 5.75 Å². The van der Waals surface area contributed by atoms with E-state index in [-0.39, 0.29) is 17.0 Å². The summed E-state index contributed by atoms with van der Waals surface area (Å²) < 4.78 is 5.17. The summed E-state index contributed by atoms with van der Waals surface area (Å²) in [5, 5.41) is 14.1. The topological polar surface area (TPSA) is 102 Å². The van der Waals surface area contributed by atoms with Crippen LogP contribution in [0.5, 0.6) is 5.75 Å². The summed E-state index contributed by atoms with van der Waals surface area (Å²) in [4.78, 5) is 38.5. The van der Waals surface area contributed by atoms with Crippen molar-refractivity contribution >= 4 is 34.4 Å². The number of amides is 2. The van der Waals surface area contributed by atoms with Crippen molar-refractivity contribution in [3.63, 3.8) is 0 Å². The zero-order valence-corrected chi connectivity index (χ0v) is 18.1. The van der Waals surface area contributed by atoms with Crippen LogP contribution >= 0.6 is 0 Å². The lowest BCUT2D eigenvalue weighted by Crippen LogP contribution is -2.32. The lowest BCUT2D eigenvalue weighted by Gasteiger charge is -2.16. The molecule has 0 radical (unpaired) electrons. The van der Waals surface area contributed by atoms with Gasteiger partial charge >= 0.3 is 0 Å². The molecule has 0 aromatic heterocycles. The van der Waals surface area contributed by atoms with Gasteiger partial charge in [0, 0.05) is 17.8 Å². The Morgan fingerprint density at radius 1 is 0.909 bits per heavy atom. The quantitative estimate of drug-likeness (QED) is 0.326. The number of hydrogen-bond acceptors (Lipinski definition) is 6. The van der Waals surface area contributed by atoms with Crippen LogP contribution in [0.4, 0.5) is 17.1 Å². The molecular formula is C25H21N3O5. The highest BCUT2D eigenvalue weighted by molar-refractivity contribution is 6.46. The molecule has 1 aliphatic rings. The fraction of sp³-hybridized carbons (Fsp3) is 0.120. The van der Waals surface area contributed by atoms with Crippen LogP contribution in [0, 0.1) is 10.1 Å². The van der Waals surface area contributed by atoms with Crippen LogP contribution in [0.25, 0.3) is 5.57 Å². The van der Waals surface area contributed by atoms with E-state index < -0.39 is 16.7 Å². The SMILES string of the molecule is CCc1ccc(N2C(=O)C(Nc3ccc(OC)cc3)=C(c3ccc([N+](=O)[O-])cc3)C2=O)cc1. The van der Waals surface area contributed by atoms with E-state index in [1.165, 1.54) is 24.3 Å². The molecule has 3 aromatic rings. The number of nitrogens with zero attached hydrogens (tertiary/aromatic N) is 2. The second-order valence-corrected chi connectivity index (χ2v) is 7.37. The summed E-state index contributed by atoms with van der Waals surface area (Å²) in [6.07, 6.45) is 0.832. The first-order valence-corrected chi connectivity index (χ1v) is 10.3. The van der Waals surface area contributed by atoms with Crippen molar-refractivity contribution < 1.29 is 19.2 Å².